The SMILES string of the molecule is CCCC(C)(CNCc1ccccc1)NC(=O)O. The lowest BCUT2D eigenvalue weighted by atomic mass is 9.96. The number of benzene rings is 1. The normalized spacial score (nSPS) is 13.9. The molecule has 0 aromatic heterocycles. The van der Waals surface area contributed by atoms with Crippen molar-refractivity contribution in [3.8, 4) is 0 Å². The third-order valence-electron chi connectivity index (χ3n) is 2.90. The van der Waals surface area contributed by atoms with Crippen LogP contribution in [-0.4, -0.2) is 23.3 Å². The lowest BCUT2D eigenvalue weighted by molar-refractivity contribution is 0.176. The van der Waals surface area contributed by atoms with Crippen LogP contribution in [-0.2, 0) is 6.54 Å². The molecule has 0 spiro atoms. The van der Waals surface area contributed by atoms with E-state index in [0.717, 1.165) is 19.4 Å². The Bertz CT molecular complexity index is 367. The van der Waals surface area contributed by atoms with E-state index in [0.29, 0.717) is 6.54 Å². The van der Waals surface area contributed by atoms with Gasteiger partial charge < -0.3 is 15.7 Å². The van der Waals surface area contributed by atoms with E-state index in [2.05, 4.69) is 29.7 Å². The number of nitrogens with one attached hydrogen (secondary N) is 2. The van der Waals surface area contributed by atoms with Crippen molar-refractivity contribution in [1.29, 1.82) is 0 Å². The number of amides is 1. The standard InChI is InChI=1S/C14H22N2O2/c1-3-9-14(2,16-13(17)18)11-15-10-12-7-5-4-6-8-12/h4-8,15-16H,3,9-11H2,1-2H3,(H,17,18). The van der Waals surface area contributed by atoms with Crippen molar-refractivity contribution < 1.29 is 9.90 Å². The second-order valence-corrected chi connectivity index (χ2v) is 4.83. The molecule has 4 heteroatoms. The van der Waals surface area contributed by atoms with E-state index in [1.165, 1.54) is 5.56 Å². The Labute approximate surface area is 108 Å². The van der Waals surface area contributed by atoms with Crippen LogP contribution < -0.4 is 10.6 Å². The lowest BCUT2D eigenvalue weighted by Crippen LogP contribution is -2.52. The molecule has 0 aliphatic carbocycles. The molecule has 0 aliphatic rings. The van der Waals surface area contributed by atoms with Crippen molar-refractivity contribution in [1.82, 2.24) is 10.6 Å². The Morgan fingerprint density at radius 1 is 1.33 bits per heavy atom. The second kappa shape index (κ2) is 7.01. The first-order valence-corrected chi connectivity index (χ1v) is 6.31. The summed E-state index contributed by atoms with van der Waals surface area (Å²) in [6.45, 7) is 5.37. The zero-order valence-corrected chi connectivity index (χ0v) is 11.1. The van der Waals surface area contributed by atoms with Crippen molar-refractivity contribution in [3.05, 3.63) is 35.9 Å². The Hall–Kier alpha value is -1.55. The smallest absolute Gasteiger partial charge is 0.405 e. The van der Waals surface area contributed by atoms with Crippen molar-refractivity contribution in [3.63, 3.8) is 0 Å². The molecule has 1 aromatic carbocycles. The van der Waals surface area contributed by atoms with Crippen LogP contribution in [0.3, 0.4) is 0 Å². The highest BCUT2D eigenvalue weighted by Crippen LogP contribution is 2.11. The first-order valence-electron chi connectivity index (χ1n) is 6.31. The van der Waals surface area contributed by atoms with Crippen molar-refractivity contribution in [2.24, 2.45) is 0 Å². The van der Waals surface area contributed by atoms with Gasteiger partial charge in [-0.3, -0.25) is 0 Å². The van der Waals surface area contributed by atoms with Gasteiger partial charge in [-0.15, -0.1) is 0 Å². The molecule has 0 saturated heterocycles. The van der Waals surface area contributed by atoms with Gasteiger partial charge in [0.1, 0.15) is 0 Å². The minimum absolute atomic E-state index is 0.407. The Balaban J connectivity index is 2.44. The molecular formula is C14H22N2O2. The zero-order valence-electron chi connectivity index (χ0n) is 11.1. The second-order valence-electron chi connectivity index (χ2n) is 4.83. The minimum atomic E-state index is -0.965. The summed E-state index contributed by atoms with van der Waals surface area (Å²) in [6.07, 6.45) is 0.803. The quantitative estimate of drug-likeness (QED) is 0.697. The number of carbonyl (C=O) groups is 1. The van der Waals surface area contributed by atoms with Gasteiger partial charge in [-0.25, -0.2) is 4.79 Å². The monoisotopic (exact) mass is 250 g/mol. The van der Waals surface area contributed by atoms with E-state index < -0.39 is 11.6 Å². The van der Waals surface area contributed by atoms with Crippen LogP contribution in [0.15, 0.2) is 30.3 Å². The average Bonchev–Trinajstić information content (AvgIpc) is 2.29. The van der Waals surface area contributed by atoms with Gasteiger partial charge in [-0.05, 0) is 18.9 Å². The zero-order chi connectivity index (χ0) is 13.4. The molecule has 100 valence electrons. The summed E-state index contributed by atoms with van der Waals surface area (Å²) in [5.74, 6) is 0. The Morgan fingerprint density at radius 3 is 2.56 bits per heavy atom. The third-order valence-corrected chi connectivity index (χ3v) is 2.90. The van der Waals surface area contributed by atoms with Gasteiger partial charge >= 0.3 is 6.09 Å². The molecular weight excluding hydrogens is 228 g/mol. The van der Waals surface area contributed by atoms with E-state index in [4.69, 9.17) is 5.11 Å². The fourth-order valence-corrected chi connectivity index (χ4v) is 2.08. The Kier molecular flexibility index (Phi) is 5.65. The summed E-state index contributed by atoms with van der Waals surface area (Å²) in [6, 6.07) is 10.1. The van der Waals surface area contributed by atoms with E-state index in [1.54, 1.807) is 0 Å². The molecule has 1 unspecified atom stereocenters. The molecule has 4 nitrogen and oxygen atoms in total. The van der Waals surface area contributed by atoms with Crippen LogP contribution in [0.4, 0.5) is 4.79 Å². The number of hydrogen-bond acceptors (Lipinski definition) is 2. The van der Waals surface area contributed by atoms with Crippen LogP contribution in [0.25, 0.3) is 0 Å². The molecule has 1 rings (SSSR count). The van der Waals surface area contributed by atoms with E-state index in [1.807, 2.05) is 25.1 Å². The first-order chi connectivity index (χ1) is 8.56. The predicted octanol–water partition coefficient (Wildman–Crippen LogP) is 2.60. The average molecular weight is 250 g/mol. The number of carboxylic acid groups (broad SMARTS) is 1. The molecule has 1 amide bonds. The van der Waals surface area contributed by atoms with Crippen molar-refractivity contribution >= 4 is 6.09 Å². The molecule has 18 heavy (non-hydrogen) atoms. The fourth-order valence-electron chi connectivity index (χ4n) is 2.08. The Morgan fingerprint density at radius 2 is 2.00 bits per heavy atom. The van der Waals surface area contributed by atoms with Gasteiger partial charge in [-0.1, -0.05) is 43.7 Å². The highest BCUT2D eigenvalue weighted by atomic mass is 16.4. The van der Waals surface area contributed by atoms with Gasteiger partial charge in [0, 0.05) is 13.1 Å². The minimum Gasteiger partial charge on any atom is -0.465 e. The van der Waals surface area contributed by atoms with Gasteiger partial charge in [0.15, 0.2) is 0 Å². The van der Waals surface area contributed by atoms with Gasteiger partial charge in [-0.2, -0.15) is 0 Å². The number of rotatable bonds is 7. The first kappa shape index (κ1) is 14.5. The van der Waals surface area contributed by atoms with Crippen molar-refractivity contribution in [2.75, 3.05) is 6.54 Å². The van der Waals surface area contributed by atoms with Crippen LogP contribution >= 0.6 is 0 Å². The summed E-state index contributed by atoms with van der Waals surface area (Å²) in [4.78, 5) is 10.8. The van der Waals surface area contributed by atoms with E-state index in [-0.39, 0.29) is 0 Å². The largest absolute Gasteiger partial charge is 0.465 e. The maximum absolute atomic E-state index is 10.8. The van der Waals surface area contributed by atoms with Crippen molar-refractivity contribution in [2.45, 2.75) is 38.8 Å². The molecule has 0 saturated carbocycles. The van der Waals surface area contributed by atoms with Gasteiger partial charge in [0.05, 0.1) is 5.54 Å². The molecule has 0 heterocycles. The van der Waals surface area contributed by atoms with Gasteiger partial charge in [0.25, 0.3) is 0 Å². The summed E-state index contributed by atoms with van der Waals surface area (Å²) in [7, 11) is 0. The van der Waals surface area contributed by atoms with E-state index in [9.17, 15) is 4.79 Å². The summed E-state index contributed by atoms with van der Waals surface area (Å²) in [5, 5.41) is 14.8. The third kappa shape index (κ3) is 5.19. The van der Waals surface area contributed by atoms with E-state index >= 15 is 0 Å². The van der Waals surface area contributed by atoms with Crippen LogP contribution in [0.5, 0.6) is 0 Å². The molecule has 0 fully saturated rings. The fraction of sp³-hybridized carbons (Fsp3) is 0.500. The molecule has 1 atom stereocenters. The topological polar surface area (TPSA) is 61.4 Å². The molecule has 0 aliphatic heterocycles. The highest BCUT2D eigenvalue weighted by molar-refractivity contribution is 5.65. The summed E-state index contributed by atoms with van der Waals surface area (Å²) < 4.78 is 0. The maximum atomic E-state index is 10.8. The molecule has 0 radical (unpaired) electrons. The summed E-state index contributed by atoms with van der Waals surface area (Å²) in [5.41, 5.74) is 0.793. The predicted molar refractivity (Wildman–Crippen MR) is 72.6 cm³/mol. The van der Waals surface area contributed by atoms with Gasteiger partial charge in [0.2, 0.25) is 0 Å². The lowest BCUT2D eigenvalue weighted by Gasteiger charge is -2.29. The highest BCUT2D eigenvalue weighted by Gasteiger charge is 2.24. The molecule has 0 bridgehead atoms. The number of hydrogen-bond donors (Lipinski definition) is 3. The van der Waals surface area contributed by atoms with Crippen LogP contribution in [0, 0.1) is 0 Å². The molecule has 1 aromatic rings. The van der Waals surface area contributed by atoms with Crippen LogP contribution in [0.1, 0.15) is 32.3 Å². The summed E-state index contributed by atoms with van der Waals surface area (Å²) >= 11 is 0. The maximum Gasteiger partial charge on any atom is 0.405 e. The molecule has 3 N–H and O–H groups in total. The van der Waals surface area contributed by atoms with Crippen LogP contribution in [0.2, 0.25) is 0 Å².